The molecule has 1 saturated heterocycles. The van der Waals surface area contributed by atoms with Crippen LogP contribution in [0.2, 0.25) is 0 Å². The molecule has 1 aromatic heterocycles. The normalized spacial score (nSPS) is 19.3. The van der Waals surface area contributed by atoms with Gasteiger partial charge in [-0.3, -0.25) is 9.78 Å². The molecule has 1 N–H and O–H groups in total. The summed E-state index contributed by atoms with van der Waals surface area (Å²) in [4.78, 5) is 17.5. The van der Waals surface area contributed by atoms with E-state index in [1.54, 1.807) is 6.07 Å². The molecule has 1 fully saturated rings. The molecule has 35 heavy (non-hydrogen) atoms. The van der Waals surface area contributed by atoms with Crippen molar-refractivity contribution in [1.82, 2.24) is 9.88 Å². The number of carbonyl (C=O) groups is 1. The Labute approximate surface area is 203 Å². The van der Waals surface area contributed by atoms with Crippen LogP contribution < -0.4 is 5.32 Å². The van der Waals surface area contributed by atoms with Gasteiger partial charge < -0.3 is 10.2 Å². The number of alkyl halides is 3. The van der Waals surface area contributed by atoms with E-state index in [0.29, 0.717) is 10.6 Å². The van der Waals surface area contributed by atoms with Gasteiger partial charge in [-0.25, -0.2) is 8.42 Å². The maximum Gasteiger partial charge on any atom is 0.414 e. The minimum absolute atomic E-state index is 0.0369. The van der Waals surface area contributed by atoms with E-state index in [1.165, 1.54) is 34.5 Å². The lowest BCUT2D eigenvalue weighted by molar-refractivity contribution is -0.191. The van der Waals surface area contributed by atoms with Crippen molar-refractivity contribution in [3.05, 3.63) is 58.4 Å². The van der Waals surface area contributed by atoms with Crippen LogP contribution in [0.4, 0.5) is 18.9 Å². The van der Waals surface area contributed by atoms with Gasteiger partial charge in [-0.15, -0.1) is 0 Å². The first kappa shape index (κ1) is 25.5. The Morgan fingerprint density at radius 1 is 1.09 bits per heavy atom. The summed E-state index contributed by atoms with van der Waals surface area (Å²) in [6.45, 7) is 4.15. The summed E-state index contributed by atoms with van der Waals surface area (Å²) >= 11 is 0. The second-order valence-electron chi connectivity index (χ2n) is 9.75. The van der Waals surface area contributed by atoms with Crippen LogP contribution >= 0.6 is 0 Å². The number of anilines is 1. The first-order valence-electron chi connectivity index (χ1n) is 11.7. The quantitative estimate of drug-likeness (QED) is 0.655. The lowest BCUT2D eigenvalue weighted by Gasteiger charge is -2.33. The molecule has 2 aromatic rings. The first-order chi connectivity index (χ1) is 16.3. The van der Waals surface area contributed by atoms with Crippen molar-refractivity contribution in [1.29, 1.82) is 0 Å². The maximum atomic E-state index is 14.0. The van der Waals surface area contributed by atoms with Gasteiger partial charge in [-0.2, -0.15) is 13.2 Å². The monoisotopic (exact) mass is 509 g/mol. The van der Waals surface area contributed by atoms with Gasteiger partial charge in [0, 0.05) is 19.0 Å². The van der Waals surface area contributed by atoms with Crippen LogP contribution in [-0.2, 0) is 27.5 Å². The summed E-state index contributed by atoms with van der Waals surface area (Å²) in [5, 5.41) is 3.36. The Kier molecular flexibility index (Phi) is 6.87. The molecule has 6 nitrogen and oxygen atoms in total. The highest BCUT2D eigenvalue weighted by Crippen LogP contribution is 2.38. The molecule has 1 amide bonds. The molecule has 0 saturated carbocycles. The summed E-state index contributed by atoms with van der Waals surface area (Å²) in [6.07, 6.45) is -1.62. The van der Waals surface area contributed by atoms with Gasteiger partial charge in [-0.1, -0.05) is 12.1 Å². The van der Waals surface area contributed by atoms with Crippen molar-refractivity contribution in [2.75, 3.05) is 23.9 Å². The third-order valence-electron chi connectivity index (χ3n) is 7.13. The predicted molar refractivity (Wildman–Crippen MR) is 128 cm³/mol. The van der Waals surface area contributed by atoms with Gasteiger partial charge in [0.15, 0.2) is 6.04 Å². The fraction of sp³-hybridized carbons (Fsp3) is 0.520. The van der Waals surface area contributed by atoms with Gasteiger partial charge >= 0.3 is 6.18 Å². The largest absolute Gasteiger partial charge is 0.414 e. The lowest BCUT2D eigenvalue weighted by Crippen LogP contribution is -2.44. The third-order valence-corrected chi connectivity index (χ3v) is 8.85. The number of hydrogen-bond acceptors (Lipinski definition) is 5. The number of pyridine rings is 1. The molecule has 0 spiro atoms. The number of sulfone groups is 1. The summed E-state index contributed by atoms with van der Waals surface area (Å²) in [5.74, 6) is -1.82. The van der Waals surface area contributed by atoms with Gasteiger partial charge in [0.25, 0.3) is 0 Å². The minimum atomic E-state index is -4.73. The number of rotatable bonds is 5. The van der Waals surface area contributed by atoms with Gasteiger partial charge in [0.05, 0.1) is 29.1 Å². The Hall–Kier alpha value is -2.62. The number of amides is 1. The fourth-order valence-electron chi connectivity index (χ4n) is 5.05. The third kappa shape index (κ3) is 5.63. The number of aryl methyl sites for hydroxylation is 2. The molecule has 0 radical (unpaired) electrons. The lowest BCUT2D eigenvalue weighted by atomic mass is 9.99. The number of nitrogens with zero attached hydrogens (tertiary/aromatic N) is 2. The Morgan fingerprint density at radius 3 is 2.14 bits per heavy atom. The van der Waals surface area contributed by atoms with Crippen LogP contribution in [0.25, 0.3) is 0 Å². The summed E-state index contributed by atoms with van der Waals surface area (Å²) in [5.41, 5.74) is 5.38. The molecule has 1 unspecified atom stereocenters. The van der Waals surface area contributed by atoms with Crippen molar-refractivity contribution in [3.8, 4) is 0 Å². The van der Waals surface area contributed by atoms with Crippen LogP contribution in [0.5, 0.6) is 0 Å². The molecule has 1 atom stereocenters. The second-order valence-corrected chi connectivity index (χ2v) is 12.0. The average Bonchev–Trinajstić information content (AvgIpc) is 3.14. The van der Waals surface area contributed by atoms with Crippen molar-refractivity contribution in [2.24, 2.45) is 5.92 Å². The Bertz CT molecular complexity index is 1170. The molecule has 2 heterocycles. The highest BCUT2D eigenvalue weighted by molar-refractivity contribution is 7.91. The number of nitrogens with one attached hydrogen (secondary N) is 1. The Morgan fingerprint density at radius 2 is 1.66 bits per heavy atom. The molecule has 1 aliphatic heterocycles. The topological polar surface area (TPSA) is 79.4 Å². The van der Waals surface area contributed by atoms with E-state index in [2.05, 4.69) is 36.3 Å². The van der Waals surface area contributed by atoms with Crippen LogP contribution in [0.3, 0.4) is 0 Å². The molecule has 0 bridgehead atoms. The number of fused-ring (bicyclic) bond motifs is 1. The maximum absolute atomic E-state index is 14.0. The molecule has 1 aromatic carbocycles. The zero-order valence-electron chi connectivity index (χ0n) is 20.0. The van der Waals surface area contributed by atoms with E-state index in [-0.39, 0.29) is 36.1 Å². The number of hydrogen-bond donors (Lipinski definition) is 1. The van der Waals surface area contributed by atoms with Crippen LogP contribution in [-0.4, -0.2) is 55.0 Å². The molecule has 2 aliphatic rings. The number of aromatic nitrogens is 1. The van der Waals surface area contributed by atoms with E-state index in [0.717, 1.165) is 19.9 Å². The first-order valence-corrected chi connectivity index (χ1v) is 13.5. The number of halogens is 3. The molecular weight excluding hydrogens is 479 g/mol. The smallest absolute Gasteiger partial charge is 0.380 e. The van der Waals surface area contributed by atoms with Crippen molar-refractivity contribution in [3.63, 3.8) is 0 Å². The van der Waals surface area contributed by atoms with Crippen molar-refractivity contribution in [2.45, 2.75) is 57.8 Å². The second kappa shape index (κ2) is 9.44. The van der Waals surface area contributed by atoms with E-state index < -0.39 is 33.9 Å². The summed E-state index contributed by atoms with van der Waals surface area (Å²) in [6, 6.07) is 5.16. The number of benzene rings is 1. The summed E-state index contributed by atoms with van der Waals surface area (Å²) in [7, 11) is -2.12. The zero-order chi connectivity index (χ0) is 25.5. The molecular formula is C25H30F3N3O3S. The molecule has 4 rings (SSSR count). The van der Waals surface area contributed by atoms with Crippen molar-refractivity contribution >= 4 is 21.4 Å². The molecule has 10 heteroatoms. The van der Waals surface area contributed by atoms with Crippen molar-refractivity contribution < 1.29 is 26.4 Å². The average molecular weight is 510 g/mol. The van der Waals surface area contributed by atoms with Crippen LogP contribution in [0.15, 0.2) is 30.5 Å². The van der Waals surface area contributed by atoms with E-state index in [1.807, 2.05) is 0 Å². The summed E-state index contributed by atoms with van der Waals surface area (Å²) < 4.78 is 65.3. The highest BCUT2D eigenvalue weighted by Gasteiger charge is 2.47. The highest BCUT2D eigenvalue weighted by atomic mass is 32.2. The van der Waals surface area contributed by atoms with E-state index in [4.69, 9.17) is 0 Å². The van der Waals surface area contributed by atoms with E-state index in [9.17, 15) is 26.4 Å². The standard InChI is InChI=1S/C25H30F3N3O3S/c1-15-10-18-12-21(13-19(18)11-16(15)2)30-20-4-5-22(29-14-20)23(25(26,27)28)31(3)24(32)17-6-8-35(33,34)9-7-17/h4-5,10-11,14,17,21,23,30H,6-9,12-13H2,1-3H3. The zero-order valence-corrected chi connectivity index (χ0v) is 20.8. The van der Waals surface area contributed by atoms with Gasteiger partial charge in [0.2, 0.25) is 5.91 Å². The minimum Gasteiger partial charge on any atom is -0.380 e. The Balaban J connectivity index is 1.46. The van der Waals surface area contributed by atoms with Gasteiger partial charge in [-0.05, 0) is 73.9 Å². The van der Waals surface area contributed by atoms with Crippen LogP contribution in [0.1, 0.15) is 46.8 Å². The van der Waals surface area contributed by atoms with E-state index >= 15 is 0 Å². The molecule has 190 valence electrons. The SMILES string of the molecule is Cc1cc2c(cc1C)CC(Nc1ccc(C(N(C)C(=O)C3CCS(=O)(=O)CC3)C(F)(F)F)nc1)C2. The predicted octanol–water partition coefficient (Wildman–Crippen LogP) is 4.16. The molecule has 1 aliphatic carbocycles. The van der Waals surface area contributed by atoms with Gasteiger partial charge in [0.1, 0.15) is 9.84 Å². The van der Waals surface area contributed by atoms with Crippen LogP contribution in [0, 0.1) is 19.8 Å². The fourth-order valence-corrected chi connectivity index (χ4v) is 6.54. The number of carbonyl (C=O) groups excluding carboxylic acids is 1.